The van der Waals surface area contributed by atoms with Crippen LogP contribution in [0.25, 0.3) is 0 Å². The van der Waals surface area contributed by atoms with Gasteiger partial charge in [0, 0.05) is 12.0 Å². The second-order valence-electron chi connectivity index (χ2n) is 6.53. The second kappa shape index (κ2) is 8.15. The maximum absolute atomic E-state index is 12.3. The fraction of sp³-hybridized carbons (Fsp3) is 0.556. The number of nitrogens with one attached hydrogen (secondary N) is 2. The van der Waals surface area contributed by atoms with Crippen molar-refractivity contribution in [2.24, 2.45) is 0 Å². The first-order chi connectivity index (χ1) is 11.5. The quantitative estimate of drug-likeness (QED) is 0.857. The number of rotatable bonds is 5. The number of ether oxygens (including phenoxy) is 1. The minimum atomic E-state index is -0.628. The van der Waals surface area contributed by atoms with Crippen LogP contribution in [0, 0.1) is 0 Å². The van der Waals surface area contributed by atoms with Gasteiger partial charge in [-0.3, -0.25) is 4.79 Å². The van der Waals surface area contributed by atoms with E-state index in [4.69, 9.17) is 0 Å². The number of methoxy groups -OCH3 is 1. The van der Waals surface area contributed by atoms with E-state index < -0.39 is 12.1 Å². The monoisotopic (exact) mass is 333 g/mol. The van der Waals surface area contributed by atoms with E-state index in [0.29, 0.717) is 6.54 Å². The van der Waals surface area contributed by atoms with E-state index >= 15 is 0 Å². The van der Waals surface area contributed by atoms with Gasteiger partial charge in [0.2, 0.25) is 5.91 Å². The molecule has 6 nitrogen and oxygen atoms in total. The van der Waals surface area contributed by atoms with Crippen molar-refractivity contribution < 1.29 is 14.3 Å². The van der Waals surface area contributed by atoms with Crippen LogP contribution < -0.4 is 10.6 Å². The highest BCUT2D eigenvalue weighted by atomic mass is 16.5. The first-order valence-electron chi connectivity index (χ1n) is 8.33. The third kappa shape index (κ3) is 4.47. The summed E-state index contributed by atoms with van der Waals surface area (Å²) in [6, 6.07) is 9.72. The van der Waals surface area contributed by atoms with Gasteiger partial charge in [0.25, 0.3) is 0 Å². The fourth-order valence-electron chi connectivity index (χ4n) is 3.12. The minimum absolute atomic E-state index is 0.0611. The van der Waals surface area contributed by atoms with Gasteiger partial charge < -0.3 is 20.3 Å². The van der Waals surface area contributed by atoms with Crippen LogP contribution in [0.2, 0.25) is 0 Å². The Morgan fingerprint density at radius 2 is 1.88 bits per heavy atom. The van der Waals surface area contributed by atoms with Crippen molar-refractivity contribution in [3.63, 3.8) is 0 Å². The third-order valence-corrected chi connectivity index (χ3v) is 4.84. The van der Waals surface area contributed by atoms with Gasteiger partial charge in [0.05, 0.1) is 7.11 Å². The molecule has 2 rings (SSSR count). The van der Waals surface area contributed by atoms with Crippen LogP contribution in [-0.4, -0.2) is 56.7 Å². The molecule has 0 spiro atoms. The summed E-state index contributed by atoms with van der Waals surface area (Å²) in [5, 5.41) is 5.50. The van der Waals surface area contributed by atoms with Crippen molar-refractivity contribution in [3.05, 3.63) is 35.9 Å². The summed E-state index contributed by atoms with van der Waals surface area (Å²) in [4.78, 5) is 25.8. The number of likely N-dealkylation sites (tertiary alicyclic amines) is 1. The molecule has 0 radical (unpaired) electrons. The van der Waals surface area contributed by atoms with Gasteiger partial charge >= 0.3 is 6.09 Å². The number of benzene rings is 1. The van der Waals surface area contributed by atoms with Crippen LogP contribution in [0.1, 0.15) is 25.3 Å². The summed E-state index contributed by atoms with van der Waals surface area (Å²) >= 11 is 0. The SMILES string of the molecule is COC(=O)NC(C)C(=O)NCC1(c2ccccc2)CCN(C)CC1. The average Bonchev–Trinajstić information content (AvgIpc) is 2.61. The van der Waals surface area contributed by atoms with Crippen molar-refractivity contribution in [1.82, 2.24) is 15.5 Å². The van der Waals surface area contributed by atoms with Gasteiger partial charge in [-0.2, -0.15) is 0 Å². The maximum atomic E-state index is 12.3. The maximum Gasteiger partial charge on any atom is 0.407 e. The molecule has 1 aliphatic heterocycles. The molecule has 1 fully saturated rings. The molecule has 24 heavy (non-hydrogen) atoms. The van der Waals surface area contributed by atoms with Crippen molar-refractivity contribution in [3.8, 4) is 0 Å². The predicted molar refractivity (Wildman–Crippen MR) is 92.9 cm³/mol. The van der Waals surface area contributed by atoms with Gasteiger partial charge in [0.15, 0.2) is 0 Å². The van der Waals surface area contributed by atoms with Crippen molar-refractivity contribution in [1.29, 1.82) is 0 Å². The van der Waals surface area contributed by atoms with Gasteiger partial charge in [-0.15, -0.1) is 0 Å². The van der Waals surface area contributed by atoms with Crippen LogP contribution in [0.5, 0.6) is 0 Å². The van der Waals surface area contributed by atoms with Crippen LogP contribution in [0.15, 0.2) is 30.3 Å². The second-order valence-corrected chi connectivity index (χ2v) is 6.53. The van der Waals surface area contributed by atoms with Gasteiger partial charge in [-0.25, -0.2) is 4.79 Å². The molecule has 0 saturated carbocycles. The standard InChI is InChI=1S/C18H27N3O3/c1-14(20-17(23)24-3)16(22)19-13-18(9-11-21(2)12-10-18)15-7-5-4-6-8-15/h4-8,14H,9-13H2,1-3H3,(H,19,22)(H,20,23). The lowest BCUT2D eigenvalue weighted by molar-refractivity contribution is -0.123. The Labute approximate surface area is 143 Å². The predicted octanol–water partition coefficient (Wildman–Crippen LogP) is 1.51. The van der Waals surface area contributed by atoms with E-state index in [1.165, 1.54) is 12.7 Å². The van der Waals surface area contributed by atoms with Crippen molar-refractivity contribution in [2.45, 2.75) is 31.2 Å². The molecule has 1 saturated heterocycles. The van der Waals surface area contributed by atoms with E-state index in [0.717, 1.165) is 25.9 Å². The Morgan fingerprint density at radius 1 is 1.25 bits per heavy atom. The molecule has 2 N–H and O–H groups in total. The number of hydrogen-bond acceptors (Lipinski definition) is 4. The third-order valence-electron chi connectivity index (χ3n) is 4.84. The molecule has 1 aliphatic rings. The first kappa shape index (κ1) is 18.3. The van der Waals surface area contributed by atoms with E-state index in [1.54, 1.807) is 6.92 Å². The van der Waals surface area contributed by atoms with Crippen LogP contribution in [0.4, 0.5) is 4.79 Å². The molecular weight excluding hydrogens is 306 g/mol. The number of alkyl carbamates (subject to hydrolysis) is 1. The lowest BCUT2D eigenvalue weighted by Crippen LogP contribution is -2.51. The Bertz CT molecular complexity index is 554. The molecule has 1 atom stereocenters. The highest BCUT2D eigenvalue weighted by molar-refractivity contribution is 5.85. The molecule has 6 heteroatoms. The number of carbonyl (C=O) groups is 2. The van der Waals surface area contributed by atoms with E-state index in [2.05, 4.69) is 39.5 Å². The van der Waals surface area contributed by atoms with Crippen LogP contribution in [0.3, 0.4) is 0 Å². The normalized spacial score (nSPS) is 18.5. The fourth-order valence-corrected chi connectivity index (χ4v) is 3.12. The molecule has 1 heterocycles. The van der Waals surface area contributed by atoms with E-state index in [-0.39, 0.29) is 11.3 Å². The van der Waals surface area contributed by atoms with Gasteiger partial charge in [0.1, 0.15) is 6.04 Å². The van der Waals surface area contributed by atoms with E-state index in [9.17, 15) is 9.59 Å². The average molecular weight is 333 g/mol. The molecule has 1 unspecified atom stereocenters. The molecular formula is C18H27N3O3. The Morgan fingerprint density at radius 3 is 2.46 bits per heavy atom. The highest BCUT2D eigenvalue weighted by Crippen LogP contribution is 2.34. The van der Waals surface area contributed by atoms with E-state index in [1.807, 2.05) is 18.2 Å². The largest absolute Gasteiger partial charge is 0.453 e. The topological polar surface area (TPSA) is 70.7 Å². The zero-order valence-electron chi connectivity index (χ0n) is 14.7. The minimum Gasteiger partial charge on any atom is -0.453 e. The number of amides is 2. The summed E-state index contributed by atoms with van der Waals surface area (Å²) in [7, 11) is 3.40. The zero-order valence-corrected chi connectivity index (χ0v) is 14.7. The van der Waals surface area contributed by atoms with Crippen molar-refractivity contribution in [2.75, 3.05) is 33.8 Å². The smallest absolute Gasteiger partial charge is 0.407 e. The number of carbonyl (C=O) groups excluding carboxylic acids is 2. The molecule has 2 amide bonds. The van der Waals surface area contributed by atoms with Gasteiger partial charge in [-0.1, -0.05) is 30.3 Å². The Kier molecular flexibility index (Phi) is 6.20. The molecule has 0 bridgehead atoms. The zero-order chi connectivity index (χ0) is 17.6. The molecule has 1 aromatic rings. The molecule has 132 valence electrons. The summed E-state index contributed by atoms with van der Waals surface area (Å²) < 4.78 is 4.53. The Hall–Kier alpha value is -2.08. The summed E-state index contributed by atoms with van der Waals surface area (Å²) in [6.07, 6.45) is 1.38. The number of hydrogen-bond donors (Lipinski definition) is 2. The van der Waals surface area contributed by atoms with Crippen molar-refractivity contribution >= 4 is 12.0 Å². The van der Waals surface area contributed by atoms with Crippen LogP contribution in [-0.2, 0) is 14.9 Å². The summed E-state index contributed by atoms with van der Waals surface area (Å²) in [5.74, 6) is -0.199. The molecule has 0 aromatic heterocycles. The summed E-state index contributed by atoms with van der Waals surface area (Å²) in [5.41, 5.74) is 1.20. The molecule has 1 aromatic carbocycles. The highest BCUT2D eigenvalue weighted by Gasteiger charge is 2.36. The lowest BCUT2D eigenvalue weighted by Gasteiger charge is -2.41. The lowest BCUT2D eigenvalue weighted by atomic mass is 9.72. The van der Waals surface area contributed by atoms with Gasteiger partial charge in [-0.05, 0) is 45.5 Å². The number of nitrogens with zero attached hydrogens (tertiary/aromatic N) is 1. The van der Waals surface area contributed by atoms with Crippen LogP contribution >= 0.6 is 0 Å². The summed E-state index contributed by atoms with van der Waals surface area (Å²) in [6.45, 7) is 4.22. The first-order valence-corrected chi connectivity index (χ1v) is 8.33. The molecule has 0 aliphatic carbocycles. The Balaban J connectivity index is 2.04. The number of piperidine rings is 1.